The van der Waals surface area contributed by atoms with Crippen LogP contribution in [0.15, 0.2) is 64.2 Å². The number of rotatable bonds is 10. The van der Waals surface area contributed by atoms with E-state index >= 15 is 0 Å². The SMILES string of the molecule is CN(CCc1ccccc1)c1c(NC[C@H](Cc2ccc(O)cc2)N(C)C)c(=O)c1=O. The molecule has 0 unspecified atom stereocenters. The normalized spacial score (nSPS) is 12.3. The van der Waals surface area contributed by atoms with Crippen LogP contribution in [0.4, 0.5) is 11.4 Å². The lowest BCUT2D eigenvalue weighted by Crippen LogP contribution is -2.44. The van der Waals surface area contributed by atoms with Gasteiger partial charge in [-0.2, -0.15) is 0 Å². The first-order valence-electron chi connectivity index (χ1n) is 10.1. The average molecular weight is 408 g/mol. The van der Waals surface area contributed by atoms with E-state index in [0.717, 1.165) is 18.4 Å². The first kappa shape index (κ1) is 21.6. The van der Waals surface area contributed by atoms with Gasteiger partial charge in [-0.1, -0.05) is 42.5 Å². The Morgan fingerprint density at radius 3 is 2.20 bits per heavy atom. The molecule has 6 nitrogen and oxygen atoms in total. The highest BCUT2D eigenvalue weighted by atomic mass is 16.3. The van der Waals surface area contributed by atoms with Gasteiger partial charge in [0.25, 0.3) is 10.9 Å². The van der Waals surface area contributed by atoms with Gasteiger partial charge < -0.3 is 20.2 Å². The van der Waals surface area contributed by atoms with Gasteiger partial charge in [-0.3, -0.25) is 9.59 Å². The van der Waals surface area contributed by atoms with E-state index in [0.29, 0.717) is 24.5 Å². The maximum atomic E-state index is 12.2. The Bertz CT molecular complexity index is 1020. The Morgan fingerprint density at radius 1 is 0.900 bits per heavy atom. The number of hydrogen-bond donors (Lipinski definition) is 2. The fourth-order valence-electron chi connectivity index (χ4n) is 3.52. The monoisotopic (exact) mass is 407 g/mol. The number of anilines is 2. The molecule has 0 fully saturated rings. The summed E-state index contributed by atoms with van der Waals surface area (Å²) in [5.74, 6) is 0.241. The zero-order chi connectivity index (χ0) is 21.7. The molecule has 6 heteroatoms. The zero-order valence-corrected chi connectivity index (χ0v) is 17.8. The standard InChI is InChI=1S/C24H29N3O3/c1-26(2)19(15-18-9-11-20(28)12-10-18)16-25-21-22(24(30)23(21)29)27(3)14-13-17-7-5-4-6-8-17/h4-12,19,25,28H,13-16H2,1-3H3/t19-/m0/s1. The lowest BCUT2D eigenvalue weighted by molar-refractivity contribution is 0.303. The topological polar surface area (TPSA) is 72.9 Å². The summed E-state index contributed by atoms with van der Waals surface area (Å²) in [5, 5.41) is 12.7. The van der Waals surface area contributed by atoms with Crippen LogP contribution in [0, 0.1) is 0 Å². The summed E-state index contributed by atoms with van der Waals surface area (Å²) >= 11 is 0. The zero-order valence-electron chi connectivity index (χ0n) is 17.8. The van der Waals surface area contributed by atoms with Crippen LogP contribution in [0.1, 0.15) is 11.1 Å². The minimum Gasteiger partial charge on any atom is -0.508 e. The third kappa shape index (κ3) is 5.07. The average Bonchev–Trinajstić information content (AvgIpc) is 2.75. The van der Waals surface area contributed by atoms with Crippen LogP contribution < -0.4 is 21.1 Å². The molecular formula is C24H29N3O3. The van der Waals surface area contributed by atoms with Gasteiger partial charge in [0.05, 0.1) is 0 Å². The maximum Gasteiger partial charge on any atom is 0.253 e. The molecule has 3 aromatic rings. The lowest BCUT2D eigenvalue weighted by Gasteiger charge is -2.28. The summed E-state index contributed by atoms with van der Waals surface area (Å²) in [6.45, 7) is 1.20. The summed E-state index contributed by atoms with van der Waals surface area (Å²) in [7, 11) is 5.83. The number of phenols is 1. The van der Waals surface area contributed by atoms with Gasteiger partial charge in [0.2, 0.25) is 0 Å². The number of benzene rings is 2. The minimum atomic E-state index is -0.446. The highest BCUT2D eigenvalue weighted by Crippen LogP contribution is 2.20. The van der Waals surface area contributed by atoms with Crippen LogP contribution in [-0.2, 0) is 12.8 Å². The molecule has 0 heterocycles. The first-order valence-corrected chi connectivity index (χ1v) is 10.1. The second-order valence-corrected chi connectivity index (χ2v) is 7.91. The molecule has 3 aromatic carbocycles. The molecule has 0 amide bonds. The van der Waals surface area contributed by atoms with Crippen molar-refractivity contribution in [1.82, 2.24) is 4.90 Å². The highest BCUT2D eigenvalue weighted by molar-refractivity contribution is 5.75. The molecule has 2 N–H and O–H groups in total. The fourth-order valence-corrected chi connectivity index (χ4v) is 3.52. The number of likely N-dealkylation sites (N-methyl/N-ethyl adjacent to an activating group) is 2. The smallest absolute Gasteiger partial charge is 0.253 e. The van der Waals surface area contributed by atoms with Gasteiger partial charge in [-0.15, -0.1) is 0 Å². The summed E-state index contributed by atoms with van der Waals surface area (Å²) in [4.78, 5) is 28.3. The summed E-state index contributed by atoms with van der Waals surface area (Å²) in [6, 6.07) is 17.3. The largest absolute Gasteiger partial charge is 0.508 e. The van der Waals surface area contributed by atoms with Gasteiger partial charge in [0.15, 0.2) is 0 Å². The second kappa shape index (κ2) is 9.59. The molecule has 0 aromatic heterocycles. The van der Waals surface area contributed by atoms with Crippen LogP contribution >= 0.6 is 0 Å². The van der Waals surface area contributed by atoms with Gasteiger partial charge in [-0.25, -0.2) is 0 Å². The van der Waals surface area contributed by atoms with Crippen LogP contribution in [-0.4, -0.2) is 50.3 Å². The van der Waals surface area contributed by atoms with E-state index in [1.807, 2.05) is 56.4 Å². The van der Waals surface area contributed by atoms with Gasteiger partial charge >= 0.3 is 0 Å². The van der Waals surface area contributed by atoms with E-state index in [-0.39, 0.29) is 11.8 Å². The quantitative estimate of drug-likeness (QED) is 0.502. The molecule has 0 saturated heterocycles. The molecule has 0 saturated carbocycles. The molecule has 30 heavy (non-hydrogen) atoms. The molecule has 0 aliphatic carbocycles. The molecule has 0 spiro atoms. The van der Waals surface area contributed by atoms with Gasteiger partial charge in [-0.05, 0) is 50.2 Å². The van der Waals surface area contributed by atoms with Crippen molar-refractivity contribution in [1.29, 1.82) is 0 Å². The number of aromatic hydroxyl groups is 1. The Labute approximate surface area is 177 Å². The predicted molar refractivity (Wildman–Crippen MR) is 123 cm³/mol. The van der Waals surface area contributed by atoms with Crippen molar-refractivity contribution in [3.8, 4) is 5.75 Å². The van der Waals surface area contributed by atoms with Gasteiger partial charge in [0.1, 0.15) is 17.1 Å². The summed E-state index contributed by atoms with van der Waals surface area (Å²) in [5.41, 5.74) is 2.30. The van der Waals surface area contributed by atoms with Crippen LogP contribution in [0.5, 0.6) is 5.75 Å². The molecule has 0 aliphatic heterocycles. The summed E-state index contributed by atoms with van der Waals surface area (Å²) in [6.07, 6.45) is 1.56. The molecule has 0 bridgehead atoms. The highest BCUT2D eigenvalue weighted by Gasteiger charge is 2.25. The van der Waals surface area contributed by atoms with Crippen LogP contribution in [0.25, 0.3) is 0 Å². The maximum absolute atomic E-state index is 12.2. The van der Waals surface area contributed by atoms with E-state index in [1.165, 1.54) is 5.56 Å². The molecule has 0 aliphatic rings. The molecular weight excluding hydrogens is 378 g/mol. The van der Waals surface area contributed by atoms with Crippen molar-refractivity contribution < 1.29 is 5.11 Å². The van der Waals surface area contributed by atoms with Gasteiger partial charge in [0, 0.05) is 26.2 Å². The first-order chi connectivity index (χ1) is 14.4. The molecule has 1 atom stereocenters. The molecule has 158 valence electrons. The van der Waals surface area contributed by atoms with Crippen molar-refractivity contribution in [3.63, 3.8) is 0 Å². The third-order valence-electron chi connectivity index (χ3n) is 5.50. The lowest BCUT2D eigenvalue weighted by atomic mass is 10.0. The number of phenolic OH excluding ortho intramolecular Hbond substituents is 1. The van der Waals surface area contributed by atoms with E-state index < -0.39 is 10.9 Å². The predicted octanol–water partition coefficient (Wildman–Crippen LogP) is 2.25. The number of hydrogen-bond acceptors (Lipinski definition) is 6. The molecule has 0 radical (unpaired) electrons. The summed E-state index contributed by atoms with van der Waals surface area (Å²) < 4.78 is 0. The third-order valence-corrected chi connectivity index (χ3v) is 5.50. The van der Waals surface area contributed by atoms with Crippen molar-refractivity contribution in [2.24, 2.45) is 0 Å². The number of nitrogens with one attached hydrogen (secondary N) is 1. The van der Waals surface area contributed by atoms with Crippen molar-refractivity contribution in [3.05, 3.63) is 86.2 Å². The number of nitrogens with zero attached hydrogens (tertiary/aromatic N) is 2. The molecule has 3 rings (SSSR count). The van der Waals surface area contributed by atoms with Crippen molar-refractivity contribution in [2.75, 3.05) is 44.4 Å². The van der Waals surface area contributed by atoms with Crippen LogP contribution in [0.3, 0.4) is 0 Å². The van der Waals surface area contributed by atoms with Crippen molar-refractivity contribution in [2.45, 2.75) is 18.9 Å². The fraction of sp³-hybridized carbons (Fsp3) is 0.333. The van der Waals surface area contributed by atoms with Crippen molar-refractivity contribution >= 4 is 11.4 Å². The Hall–Kier alpha value is -3.12. The van der Waals surface area contributed by atoms with E-state index in [9.17, 15) is 14.7 Å². The van der Waals surface area contributed by atoms with E-state index in [1.54, 1.807) is 12.1 Å². The minimum absolute atomic E-state index is 0.126. The van der Waals surface area contributed by atoms with E-state index in [2.05, 4.69) is 22.3 Å². The van der Waals surface area contributed by atoms with Crippen LogP contribution in [0.2, 0.25) is 0 Å². The Balaban J connectivity index is 1.64. The van der Waals surface area contributed by atoms with E-state index in [4.69, 9.17) is 0 Å². The second-order valence-electron chi connectivity index (χ2n) is 7.91. The Morgan fingerprint density at radius 2 is 1.57 bits per heavy atom. The Kier molecular flexibility index (Phi) is 6.90.